The van der Waals surface area contributed by atoms with Gasteiger partial charge >= 0.3 is 0 Å². The first kappa shape index (κ1) is 19.5. The first-order chi connectivity index (χ1) is 11.0. The summed E-state index contributed by atoms with van der Waals surface area (Å²) >= 11 is 0. The number of rotatable bonds is 10. The summed E-state index contributed by atoms with van der Waals surface area (Å²) in [6.45, 7) is 9.15. The van der Waals surface area contributed by atoms with Crippen molar-refractivity contribution in [1.29, 1.82) is 0 Å². The highest BCUT2D eigenvalue weighted by Gasteiger charge is 2.10. The molecule has 0 aromatic carbocycles. The Bertz CT molecular complexity index is 456. The number of nitrogens with zero attached hydrogens (tertiary/aromatic N) is 3. The number of hydrogen-bond acceptors (Lipinski definition) is 3. The number of aliphatic hydroxyl groups is 1. The van der Waals surface area contributed by atoms with Crippen molar-refractivity contribution in [3.8, 4) is 0 Å². The zero-order chi connectivity index (χ0) is 17.1. The zero-order valence-electron chi connectivity index (χ0n) is 15.0. The summed E-state index contributed by atoms with van der Waals surface area (Å²) in [5.41, 5.74) is 1.22. The van der Waals surface area contributed by atoms with E-state index in [0.717, 1.165) is 44.9 Å². The van der Waals surface area contributed by atoms with E-state index in [1.807, 2.05) is 24.1 Å². The molecular formula is C17H33N5O. The lowest BCUT2D eigenvalue weighted by atomic mass is 9.94. The van der Waals surface area contributed by atoms with Gasteiger partial charge in [-0.2, -0.15) is 5.10 Å². The van der Waals surface area contributed by atoms with Crippen molar-refractivity contribution in [2.24, 2.45) is 23.9 Å². The van der Waals surface area contributed by atoms with Gasteiger partial charge in [0.15, 0.2) is 5.96 Å². The molecule has 0 saturated carbocycles. The van der Waals surface area contributed by atoms with Crippen LogP contribution in [0.4, 0.5) is 0 Å². The largest absolute Gasteiger partial charge is 0.396 e. The smallest absolute Gasteiger partial charge is 0.191 e. The predicted octanol–water partition coefficient (Wildman–Crippen LogP) is 1.56. The van der Waals surface area contributed by atoms with E-state index in [1.54, 1.807) is 0 Å². The molecule has 0 aliphatic rings. The summed E-state index contributed by atoms with van der Waals surface area (Å²) in [7, 11) is 1.93. The van der Waals surface area contributed by atoms with E-state index in [4.69, 9.17) is 0 Å². The van der Waals surface area contributed by atoms with Gasteiger partial charge < -0.3 is 15.7 Å². The summed E-state index contributed by atoms with van der Waals surface area (Å²) in [6, 6.07) is 0. The van der Waals surface area contributed by atoms with Gasteiger partial charge in [0, 0.05) is 39.5 Å². The molecule has 6 nitrogen and oxygen atoms in total. The lowest BCUT2D eigenvalue weighted by Crippen LogP contribution is -2.38. The fourth-order valence-electron chi connectivity index (χ4n) is 2.62. The lowest BCUT2D eigenvalue weighted by Gasteiger charge is -2.17. The third-order valence-electron chi connectivity index (χ3n) is 3.66. The quantitative estimate of drug-likeness (QED) is 0.451. The molecule has 1 heterocycles. The maximum Gasteiger partial charge on any atom is 0.191 e. The second-order valence-corrected chi connectivity index (χ2v) is 6.43. The average Bonchev–Trinajstić information content (AvgIpc) is 2.89. The number of hydrogen-bond donors (Lipinski definition) is 3. The van der Waals surface area contributed by atoms with E-state index in [9.17, 15) is 5.11 Å². The molecule has 3 N–H and O–H groups in total. The molecule has 0 amide bonds. The van der Waals surface area contributed by atoms with Crippen LogP contribution < -0.4 is 10.6 Å². The SMILES string of the molecule is CCNC(=NCC(CCO)CC(C)C)NCCc1cnn(C)c1. The van der Waals surface area contributed by atoms with Gasteiger partial charge in [0.2, 0.25) is 0 Å². The summed E-state index contributed by atoms with van der Waals surface area (Å²) in [4.78, 5) is 4.68. The Hall–Kier alpha value is -1.56. The summed E-state index contributed by atoms with van der Waals surface area (Å²) in [6.07, 6.45) is 6.76. The third kappa shape index (κ3) is 8.59. The highest BCUT2D eigenvalue weighted by molar-refractivity contribution is 5.79. The second kappa shape index (κ2) is 11.0. The molecule has 6 heteroatoms. The zero-order valence-corrected chi connectivity index (χ0v) is 15.0. The molecule has 0 saturated heterocycles. The van der Waals surface area contributed by atoms with E-state index in [1.165, 1.54) is 5.56 Å². The molecule has 1 unspecified atom stereocenters. The van der Waals surface area contributed by atoms with Crippen LogP contribution in [0.1, 0.15) is 39.2 Å². The fourth-order valence-corrected chi connectivity index (χ4v) is 2.62. The Morgan fingerprint density at radius 2 is 2.17 bits per heavy atom. The number of aliphatic imine (C=N–C) groups is 1. The summed E-state index contributed by atoms with van der Waals surface area (Å²) in [5.74, 6) is 1.92. The average molecular weight is 323 g/mol. The van der Waals surface area contributed by atoms with Crippen LogP contribution in [0.5, 0.6) is 0 Å². The Morgan fingerprint density at radius 1 is 1.39 bits per heavy atom. The van der Waals surface area contributed by atoms with Crippen molar-refractivity contribution in [3.05, 3.63) is 18.0 Å². The van der Waals surface area contributed by atoms with Gasteiger partial charge in [-0.25, -0.2) is 0 Å². The fraction of sp³-hybridized carbons (Fsp3) is 0.765. The van der Waals surface area contributed by atoms with Gasteiger partial charge in [-0.3, -0.25) is 9.67 Å². The molecule has 23 heavy (non-hydrogen) atoms. The Morgan fingerprint density at radius 3 is 2.74 bits per heavy atom. The van der Waals surface area contributed by atoms with Gasteiger partial charge in [-0.1, -0.05) is 13.8 Å². The van der Waals surface area contributed by atoms with Crippen molar-refractivity contribution in [2.45, 2.75) is 40.0 Å². The minimum Gasteiger partial charge on any atom is -0.396 e. The van der Waals surface area contributed by atoms with Gasteiger partial charge in [-0.15, -0.1) is 0 Å². The Balaban J connectivity index is 2.47. The number of nitrogens with one attached hydrogen (secondary N) is 2. The highest BCUT2D eigenvalue weighted by atomic mass is 16.3. The van der Waals surface area contributed by atoms with Crippen LogP contribution in [-0.4, -0.2) is 47.1 Å². The number of guanidine groups is 1. The van der Waals surface area contributed by atoms with Crippen molar-refractivity contribution in [2.75, 3.05) is 26.2 Å². The normalized spacial score (nSPS) is 13.4. The Labute approximate surface area is 140 Å². The monoisotopic (exact) mass is 323 g/mol. The van der Waals surface area contributed by atoms with Gasteiger partial charge in [0.25, 0.3) is 0 Å². The van der Waals surface area contributed by atoms with E-state index in [2.05, 4.69) is 41.5 Å². The van der Waals surface area contributed by atoms with Crippen LogP contribution in [0, 0.1) is 11.8 Å². The molecule has 1 rings (SSSR count). The Kier molecular flexibility index (Phi) is 9.36. The molecule has 0 aliphatic heterocycles. The van der Waals surface area contributed by atoms with Crippen molar-refractivity contribution in [1.82, 2.24) is 20.4 Å². The molecule has 1 aromatic rings. The van der Waals surface area contributed by atoms with E-state index < -0.39 is 0 Å². The van der Waals surface area contributed by atoms with Gasteiger partial charge in [0.1, 0.15) is 0 Å². The number of aromatic nitrogens is 2. The molecule has 0 bridgehead atoms. The summed E-state index contributed by atoms with van der Waals surface area (Å²) in [5, 5.41) is 20.0. The standard InChI is InChI=1S/C17H33N5O/c1-5-18-17(19-8-6-16-12-21-22(4)13-16)20-11-15(7-9-23)10-14(2)3/h12-15,23H,5-11H2,1-4H3,(H2,18,19,20). The van der Waals surface area contributed by atoms with E-state index in [0.29, 0.717) is 11.8 Å². The minimum atomic E-state index is 0.234. The molecule has 0 aliphatic carbocycles. The third-order valence-corrected chi connectivity index (χ3v) is 3.66. The van der Waals surface area contributed by atoms with Crippen LogP contribution in [0.15, 0.2) is 17.4 Å². The van der Waals surface area contributed by atoms with Crippen molar-refractivity contribution < 1.29 is 5.11 Å². The highest BCUT2D eigenvalue weighted by Crippen LogP contribution is 2.15. The molecule has 0 spiro atoms. The van der Waals surface area contributed by atoms with Crippen molar-refractivity contribution >= 4 is 5.96 Å². The molecule has 1 atom stereocenters. The van der Waals surface area contributed by atoms with Crippen LogP contribution in [-0.2, 0) is 13.5 Å². The number of aryl methyl sites for hydroxylation is 1. The van der Waals surface area contributed by atoms with Crippen LogP contribution in [0.25, 0.3) is 0 Å². The molecule has 132 valence electrons. The number of aliphatic hydroxyl groups excluding tert-OH is 1. The molecule has 0 fully saturated rings. The molecule has 1 aromatic heterocycles. The maximum absolute atomic E-state index is 9.20. The maximum atomic E-state index is 9.20. The first-order valence-electron chi connectivity index (χ1n) is 8.65. The molecule has 0 radical (unpaired) electrons. The first-order valence-corrected chi connectivity index (χ1v) is 8.65. The predicted molar refractivity (Wildman–Crippen MR) is 95.5 cm³/mol. The molecular weight excluding hydrogens is 290 g/mol. The lowest BCUT2D eigenvalue weighted by molar-refractivity contribution is 0.245. The summed E-state index contributed by atoms with van der Waals surface area (Å²) < 4.78 is 1.82. The second-order valence-electron chi connectivity index (χ2n) is 6.43. The van der Waals surface area contributed by atoms with Crippen LogP contribution in [0.2, 0.25) is 0 Å². The topological polar surface area (TPSA) is 74.5 Å². The van der Waals surface area contributed by atoms with Crippen LogP contribution >= 0.6 is 0 Å². The minimum absolute atomic E-state index is 0.234. The van der Waals surface area contributed by atoms with E-state index >= 15 is 0 Å². The van der Waals surface area contributed by atoms with Crippen molar-refractivity contribution in [3.63, 3.8) is 0 Å². The van der Waals surface area contributed by atoms with Gasteiger partial charge in [-0.05, 0) is 43.6 Å². The van der Waals surface area contributed by atoms with Gasteiger partial charge in [0.05, 0.1) is 6.20 Å². The van der Waals surface area contributed by atoms with Crippen LogP contribution in [0.3, 0.4) is 0 Å². The van der Waals surface area contributed by atoms with E-state index in [-0.39, 0.29) is 6.61 Å².